The summed E-state index contributed by atoms with van der Waals surface area (Å²) < 4.78 is 33.5. The molecule has 0 bridgehead atoms. The van der Waals surface area contributed by atoms with E-state index in [2.05, 4.69) is 36.6 Å². The molecule has 1 aliphatic carbocycles. The standard InChI is InChI=1S/C25H39N7O3SSi/c1-18-13-24(31(28-18)17-35-11-12-37(4,5)6)32-25-21(15-26-32)22(29-36(3,33)20-7-8-20)14-23(27-25)30-9-10-34-16-19(30)2/h13-15,19-20H,7-12,16-17H2,1-6H3/t19-,36?/m1/s1. The fourth-order valence-electron chi connectivity index (χ4n) is 4.53. The molecule has 3 aromatic rings. The number of hydrogen-bond acceptors (Lipinski definition) is 8. The normalized spacial score (nSPS) is 20.4. The molecule has 0 spiro atoms. The zero-order valence-corrected chi connectivity index (χ0v) is 24.6. The minimum Gasteiger partial charge on any atom is -0.377 e. The van der Waals surface area contributed by atoms with Crippen molar-refractivity contribution < 1.29 is 13.7 Å². The molecule has 1 aliphatic heterocycles. The Labute approximate surface area is 220 Å². The summed E-state index contributed by atoms with van der Waals surface area (Å²) in [5.74, 6) is 1.58. The monoisotopic (exact) mass is 545 g/mol. The summed E-state index contributed by atoms with van der Waals surface area (Å²) in [6.07, 6.45) is 5.48. The summed E-state index contributed by atoms with van der Waals surface area (Å²) in [6.45, 7) is 14.2. The van der Waals surface area contributed by atoms with Crippen LogP contribution in [-0.4, -0.2) is 80.7 Å². The minimum absolute atomic E-state index is 0.161. The Bertz CT molecular complexity index is 1400. The highest BCUT2D eigenvalue weighted by Crippen LogP contribution is 2.36. The maximum atomic E-state index is 13.4. The van der Waals surface area contributed by atoms with E-state index in [9.17, 15) is 4.21 Å². The maximum absolute atomic E-state index is 13.4. The third-order valence-electron chi connectivity index (χ3n) is 6.90. The van der Waals surface area contributed by atoms with Crippen LogP contribution < -0.4 is 4.90 Å². The second-order valence-electron chi connectivity index (χ2n) is 11.6. The average Bonchev–Trinajstić information content (AvgIpc) is 3.51. The van der Waals surface area contributed by atoms with E-state index >= 15 is 0 Å². The van der Waals surface area contributed by atoms with Gasteiger partial charge in [0, 0.05) is 44.9 Å². The molecule has 2 fully saturated rings. The second kappa shape index (κ2) is 10.1. The fraction of sp³-hybridized carbons (Fsp3) is 0.640. The van der Waals surface area contributed by atoms with Gasteiger partial charge in [-0.3, -0.25) is 0 Å². The zero-order valence-electron chi connectivity index (χ0n) is 22.8. The summed E-state index contributed by atoms with van der Waals surface area (Å²) in [7, 11) is -3.53. The Balaban J connectivity index is 1.57. The predicted molar refractivity (Wildman–Crippen MR) is 150 cm³/mol. The highest BCUT2D eigenvalue weighted by molar-refractivity contribution is 7.93. The third-order valence-corrected chi connectivity index (χ3v) is 10.9. The van der Waals surface area contributed by atoms with Crippen LogP contribution in [0.4, 0.5) is 11.5 Å². The lowest BCUT2D eigenvalue weighted by molar-refractivity contribution is 0.0780. The van der Waals surface area contributed by atoms with Gasteiger partial charge in [-0.1, -0.05) is 19.6 Å². The van der Waals surface area contributed by atoms with Crippen molar-refractivity contribution in [2.24, 2.45) is 4.36 Å². The predicted octanol–water partition coefficient (Wildman–Crippen LogP) is 4.35. The van der Waals surface area contributed by atoms with Crippen LogP contribution in [0.3, 0.4) is 0 Å². The molecule has 0 amide bonds. The van der Waals surface area contributed by atoms with E-state index in [0.29, 0.717) is 37.9 Å². The van der Waals surface area contributed by atoms with Crippen molar-refractivity contribution in [1.29, 1.82) is 0 Å². The van der Waals surface area contributed by atoms with Gasteiger partial charge in [0.25, 0.3) is 0 Å². The molecule has 0 aromatic carbocycles. The Morgan fingerprint density at radius 3 is 2.76 bits per heavy atom. The van der Waals surface area contributed by atoms with E-state index in [1.54, 1.807) is 17.1 Å². The second-order valence-corrected chi connectivity index (χ2v) is 19.7. The maximum Gasteiger partial charge on any atom is 0.169 e. The van der Waals surface area contributed by atoms with Gasteiger partial charge in [-0.05, 0) is 32.7 Å². The molecule has 1 unspecified atom stereocenters. The van der Waals surface area contributed by atoms with Gasteiger partial charge in [0.2, 0.25) is 0 Å². The smallest absolute Gasteiger partial charge is 0.169 e. The summed E-state index contributed by atoms with van der Waals surface area (Å²) >= 11 is 0. The molecule has 202 valence electrons. The first-order valence-electron chi connectivity index (χ1n) is 13.1. The highest BCUT2D eigenvalue weighted by atomic mass is 32.2. The van der Waals surface area contributed by atoms with Crippen molar-refractivity contribution in [2.45, 2.75) is 70.4 Å². The van der Waals surface area contributed by atoms with Gasteiger partial charge in [-0.2, -0.15) is 19.2 Å². The molecule has 2 aliphatic rings. The first kappa shape index (κ1) is 26.3. The number of ether oxygens (including phenoxy) is 2. The van der Waals surface area contributed by atoms with Crippen molar-refractivity contribution in [3.63, 3.8) is 0 Å². The molecule has 0 radical (unpaired) electrons. The number of nitrogens with zero attached hydrogens (tertiary/aromatic N) is 7. The number of aryl methyl sites for hydroxylation is 1. The van der Waals surface area contributed by atoms with Crippen molar-refractivity contribution >= 4 is 40.3 Å². The van der Waals surface area contributed by atoms with E-state index in [1.807, 2.05) is 23.7 Å². The number of hydrogen-bond donors (Lipinski definition) is 0. The SMILES string of the molecule is Cc1cc(-n2ncc3c(N=S(C)(=O)C4CC4)cc(N4CCOC[C@H]4C)nc32)n(COCC[Si](C)(C)C)n1. The lowest BCUT2D eigenvalue weighted by Gasteiger charge is -2.34. The Morgan fingerprint density at radius 1 is 1.27 bits per heavy atom. The molecule has 10 nitrogen and oxygen atoms in total. The summed E-state index contributed by atoms with van der Waals surface area (Å²) in [5, 5.41) is 10.3. The van der Waals surface area contributed by atoms with E-state index in [-0.39, 0.29) is 11.3 Å². The lowest BCUT2D eigenvalue weighted by atomic mass is 10.2. The summed E-state index contributed by atoms with van der Waals surface area (Å²) in [5.41, 5.74) is 2.23. The van der Waals surface area contributed by atoms with Gasteiger partial charge < -0.3 is 14.4 Å². The van der Waals surface area contributed by atoms with Crippen molar-refractivity contribution in [3.05, 3.63) is 24.0 Å². The first-order valence-corrected chi connectivity index (χ1v) is 18.8. The number of morpholine rings is 1. The number of pyridine rings is 1. The fourth-order valence-corrected chi connectivity index (χ4v) is 6.99. The van der Waals surface area contributed by atoms with Crippen LogP contribution in [0.5, 0.6) is 0 Å². The minimum atomic E-state index is -2.35. The van der Waals surface area contributed by atoms with Crippen molar-refractivity contribution in [3.8, 4) is 5.82 Å². The Morgan fingerprint density at radius 2 is 2.05 bits per heavy atom. The average molecular weight is 546 g/mol. The largest absolute Gasteiger partial charge is 0.377 e. The quantitative estimate of drug-likeness (QED) is 0.291. The zero-order chi connectivity index (χ0) is 26.4. The van der Waals surface area contributed by atoms with Crippen molar-refractivity contribution in [2.75, 3.05) is 37.5 Å². The number of rotatable bonds is 9. The molecule has 12 heteroatoms. The molecule has 37 heavy (non-hydrogen) atoms. The lowest BCUT2D eigenvalue weighted by Crippen LogP contribution is -2.44. The number of fused-ring (bicyclic) bond motifs is 1. The van der Waals surface area contributed by atoms with Crippen LogP contribution in [0, 0.1) is 6.92 Å². The molecular formula is C25H39N7O3SSi. The van der Waals surface area contributed by atoms with Crippen LogP contribution >= 0.6 is 0 Å². The van der Waals surface area contributed by atoms with Crippen molar-refractivity contribution in [1.82, 2.24) is 24.5 Å². The number of anilines is 1. The Kier molecular flexibility index (Phi) is 7.20. The molecule has 3 aromatic heterocycles. The van der Waals surface area contributed by atoms with Gasteiger partial charge in [-0.25, -0.2) is 13.9 Å². The van der Waals surface area contributed by atoms with Crippen LogP contribution in [0.2, 0.25) is 25.7 Å². The van der Waals surface area contributed by atoms with Gasteiger partial charge in [0.15, 0.2) is 11.5 Å². The van der Waals surface area contributed by atoms with Crippen LogP contribution in [0.25, 0.3) is 16.9 Å². The molecule has 2 atom stereocenters. The topological polar surface area (TPSA) is 99.7 Å². The van der Waals surface area contributed by atoms with Crippen LogP contribution in [-0.2, 0) is 25.9 Å². The molecule has 0 N–H and O–H groups in total. The first-order chi connectivity index (χ1) is 17.5. The molecule has 1 saturated heterocycles. The van der Waals surface area contributed by atoms with E-state index in [1.165, 1.54) is 0 Å². The third kappa shape index (κ3) is 5.92. The highest BCUT2D eigenvalue weighted by Gasteiger charge is 2.31. The molecular weight excluding hydrogens is 506 g/mol. The van der Waals surface area contributed by atoms with Crippen LogP contribution in [0.1, 0.15) is 25.5 Å². The van der Waals surface area contributed by atoms with E-state index in [0.717, 1.165) is 48.1 Å². The summed E-state index contributed by atoms with van der Waals surface area (Å²) in [6, 6.07) is 5.22. The Hall–Kier alpha value is -2.28. The van der Waals surface area contributed by atoms with Gasteiger partial charge in [0.1, 0.15) is 12.5 Å². The summed E-state index contributed by atoms with van der Waals surface area (Å²) in [4.78, 5) is 7.29. The number of aromatic nitrogens is 5. The molecule has 4 heterocycles. The molecule has 1 saturated carbocycles. The van der Waals surface area contributed by atoms with Crippen LogP contribution in [0.15, 0.2) is 22.7 Å². The van der Waals surface area contributed by atoms with Gasteiger partial charge in [0.05, 0.1) is 51.9 Å². The van der Waals surface area contributed by atoms with Gasteiger partial charge >= 0.3 is 0 Å². The van der Waals surface area contributed by atoms with E-state index in [4.69, 9.17) is 23.9 Å². The van der Waals surface area contributed by atoms with E-state index < -0.39 is 17.8 Å². The molecule has 5 rings (SSSR count). The van der Waals surface area contributed by atoms with Gasteiger partial charge in [-0.15, -0.1) is 0 Å².